The predicted molar refractivity (Wildman–Crippen MR) is 67.3 cm³/mol. The van der Waals surface area contributed by atoms with E-state index in [0.29, 0.717) is 0 Å². The average Bonchev–Trinajstić information content (AvgIpc) is 2.28. The SMILES string of the molecule is CCCc1ccc(CCN(C)CC)cc1. The van der Waals surface area contributed by atoms with Gasteiger partial charge in [-0.2, -0.15) is 0 Å². The van der Waals surface area contributed by atoms with Crippen molar-refractivity contribution < 1.29 is 0 Å². The van der Waals surface area contributed by atoms with Gasteiger partial charge in [0, 0.05) is 6.54 Å². The van der Waals surface area contributed by atoms with E-state index < -0.39 is 0 Å². The van der Waals surface area contributed by atoms with Crippen LogP contribution in [-0.2, 0) is 12.8 Å². The van der Waals surface area contributed by atoms with Gasteiger partial charge in [0.1, 0.15) is 0 Å². The van der Waals surface area contributed by atoms with Gasteiger partial charge in [0.2, 0.25) is 0 Å². The van der Waals surface area contributed by atoms with E-state index in [9.17, 15) is 0 Å². The monoisotopic (exact) mass is 205 g/mol. The Bertz CT molecular complexity index is 263. The number of likely N-dealkylation sites (N-methyl/N-ethyl adjacent to an activating group) is 1. The smallest absolute Gasteiger partial charge is 0.00187 e. The summed E-state index contributed by atoms with van der Waals surface area (Å²) in [5, 5.41) is 0. The highest BCUT2D eigenvalue weighted by Crippen LogP contribution is 2.07. The Morgan fingerprint density at radius 2 is 1.47 bits per heavy atom. The number of rotatable bonds is 6. The van der Waals surface area contributed by atoms with Crippen LogP contribution in [0, 0.1) is 0 Å². The van der Waals surface area contributed by atoms with Gasteiger partial charge in [0.15, 0.2) is 0 Å². The van der Waals surface area contributed by atoms with Gasteiger partial charge in [-0.3, -0.25) is 0 Å². The molecule has 0 bridgehead atoms. The molecule has 1 aromatic rings. The quantitative estimate of drug-likeness (QED) is 0.689. The molecule has 0 unspecified atom stereocenters. The first-order valence-electron chi connectivity index (χ1n) is 6.02. The van der Waals surface area contributed by atoms with Crippen molar-refractivity contribution in [3.63, 3.8) is 0 Å². The summed E-state index contributed by atoms with van der Waals surface area (Å²) in [6.07, 6.45) is 3.60. The van der Waals surface area contributed by atoms with E-state index in [2.05, 4.69) is 50.1 Å². The normalized spacial score (nSPS) is 10.9. The van der Waals surface area contributed by atoms with E-state index in [0.717, 1.165) is 19.5 Å². The molecule has 0 atom stereocenters. The van der Waals surface area contributed by atoms with E-state index in [1.54, 1.807) is 0 Å². The molecule has 84 valence electrons. The van der Waals surface area contributed by atoms with Gasteiger partial charge < -0.3 is 4.90 Å². The van der Waals surface area contributed by atoms with Crippen LogP contribution < -0.4 is 0 Å². The van der Waals surface area contributed by atoms with Gasteiger partial charge >= 0.3 is 0 Å². The summed E-state index contributed by atoms with van der Waals surface area (Å²) < 4.78 is 0. The van der Waals surface area contributed by atoms with E-state index in [4.69, 9.17) is 0 Å². The Labute approximate surface area is 94.1 Å². The molecule has 0 aliphatic heterocycles. The number of hydrogen-bond donors (Lipinski definition) is 0. The molecule has 1 nitrogen and oxygen atoms in total. The first-order valence-corrected chi connectivity index (χ1v) is 6.02. The highest BCUT2D eigenvalue weighted by molar-refractivity contribution is 5.22. The van der Waals surface area contributed by atoms with Crippen molar-refractivity contribution >= 4 is 0 Å². The molecule has 0 aliphatic carbocycles. The lowest BCUT2D eigenvalue weighted by Gasteiger charge is -2.13. The van der Waals surface area contributed by atoms with Gasteiger partial charge in [-0.15, -0.1) is 0 Å². The van der Waals surface area contributed by atoms with Crippen molar-refractivity contribution in [2.45, 2.75) is 33.1 Å². The van der Waals surface area contributed by atoms with Crippen molar-refractivity contribution in [3.05, 3.63) is 35.4 Å². The third-order valence-electron chi connectivity index (χ3n) is 2.88. The van der Waals surface area contributed by atoms with E-state index in [1.807, 2.05) is 0 Å². The third-order valence-corrected chi connectivity index (χ3v) is 2.88. The molecule has 0 aliphatic rings. The number of nitrogens with zero attached hydrogens (tertiary/aromatic N) is 1. The molecule has 15 heavy (non-hydrogen) atoms. The minimum absolute atomic E-state index is 1.13. The fraction of sp³-hybridized carbons (Fsp3) is 0.571. The molecule has 1 heteroatoms. The zero-order chi connectivity index (χ0) is 11.1. The Kier molecular flexibility index (Phi) is 5.41. The van der Waals surface area contributed by atoms with Crippen molar-refractivity contribution in [3.8, 4) is 0 Å². The Balaban J connectivity index is 2.42. The highest BCUT2D eigenvalue weighted by atomic mass is 15.1. The molecule has 1 aromatic carbocycles. The molecule has 0 fully saturated rings. The lowest BCUT2D eigenvalue weighted by atomic mass is 10.1. The predicted octanol–water partition coefficient (Wildman–Crippen LogP) is 3.13. The molecule has 0 saturated heterocycles. The van der Waals surface area contributed by atoms with Crippen molar-refractivity contribution in [1.82, 2.24) is 4.90 Å². The summed E-state index contributed by atoms with van der Waals surface area (Å²) in [4.78, 5) is 2.35. The standard InChI is InChI=1S/C14H23N/c1-4-6-13-7-9-14(10-8-13)11-12-15(3)5-2/h7-10H,4-6,11-12H2,1-3H3. The van der Waals surface area contributed by atoms with E-state index in [-0.39, 0.29) is 0 Å². The first kappa shape index (κ1) is 12.3. The summed E-state index contributed by atoms with van der Waals surface area (Å²) in [6, 6.07) is 9.08. The van der Waals surface area contributed by atoms with Crippen LogP contribution >= 0.6 is 0 Å². The largest absolute Gasteiger partial charge is 0.306 e. The molecule has 0 radical (unpaired) electrons. The summed E-state index contributed by atoms with van der Waals surface area (Å²) >= 11 is 0. The van der Waals surface area contributed by atoms with Crippen LogP contribution in [0.15, 0.2) is 24.3 Å². The van der Waals surface area contributed by atoms with Gasteiger partial charge in [-0.1, -0.05) is 44.5 Å². The molecule has 0 amide bonds. The molecule has 0 aromatic heterocycles. The number of aryl methyl sites for hydroxylation is 1. The van der Waals surface area contributed by atoms with Crippen molar-refractivity contribution in [2.75, 3.05) is 20.1 Å². The van der Waals surface area contributed by atoms with Crippen LogP contribution in [0.4, 0.5) is 0 Å². The van der Waals surface area contributed by atoms with Crippen LogP contribution in [0.5, 0.6) is 0 Å². The number of hydrogen-bond acceptors (Lipinski definition) is 1. The number of benzene rings is 1. The van der Waals surface area contributed by atoms with Crippen molar-refractivity contribution in [2.24, 2.45) is 0 Å². The van der Waals surface area contributed by atoms with Crippen LogP contribution in [-0.4, -0.2) is 25.0 Å². The van der Waals surface area contributed by atoms with E-state index >= 15 is 0 Å². The van der Waals surface area contributed by atoms with Crippen LogP contribution in [0.25, 0.3) is 0 Å². The zero-order valence-corrected chi connectivity index (χ0v) is 10.3. The summed E-state index contributed by atoms with van der Waals surface area (Å²) in [5.74, 6) is 0. The van der Waals surface area contributed by atoms with Crippen molar-refractivity contribution in [1.29, 1.82) is 0 Å². The van der Waals surface area contributed by atoms with Gasteiger partial charge in [-0.25, -0.2) is 0 Å². The second-order valence-corrected chi connectivity index (χ2v) is 4.21. The topological polar surface area (TPSA) is 3.24 Å². The minimum atomic E-state index is 1.13. The summed E-state index contributed by atoms with van der Waals surface area (Å²) in [5.41, 5.74) is 2.92. The molecule has 1 rings (SSSR count). The summed E-state index contributed by atoms with van der Waals surface area (Å²) in [6.45, 7) is 6.71. The van der Waals surface area contributed by atoms with Gasteiger partial charge in [0.25, 0.3) is 0 Å². The fourth-order valence-electron chi connectivity index (χ4n) is 1.64. The van der Waals surface area contributed by atoms with Crippen LogP contribution in [0.1, 0.15) is 31.4 Å². The van der Waals surface area contributed by atoms with Gasteiger partial charge in [-0.05, 0) is 37.6 Å². The third kappa shape index (κ3) is 4.48. The zero-order valence-electron chi connectivity index (χ0n) is 10.3. The maximum atomic E-state index is 2.35. The molecular weight excluding hydrogens is 182 g/mol. The Hall–Kier alpha value is -0.820. The second kappa shape index (κ2) is 6.62. The first-order chi connectivity index (χ1) is 7.26. The summed E-state index contributed by atoms with van der Waals surface area (Å²) in [7, 11) is 2.17. The maximum Gasteiger partial charge on any atom is 0.00187 e. The molecule has 0 saturated carbocycles. The molecule has 0 spiro atoms. The fourth-order valence-corrected chi connectivity index (χ4v) is 1.64. The maximum absolute atomic E-state index is 2.35. The van der Waals surface area contributed by atoms with Gasteiger partial charge in [0.05, 0.1) is 0 Å². The van der Waals surface area contributed by atoms with Crippen LogP contribution in [0.3, 0.4) is 0 Å². The second-order valence-electron chi connectivity index (χ2n) is 4.21. The lowest BCUT2D eigenvalue weighted by Crippen LogP contribution is -2.20. The highest BCUT2D eigenvalue weighted by Gasteiger charge is 1.97. The minimum Gasteiger partial charge on any atom is -0.306 e. The molecule has 0 N–H and O–H groups in total. The van der Waals surface area contributed by atoms with Crippen LogP contribution in [0.2, 0.25) is 0 Å². The molecule has 0 heterocycles. The Morgan fingerprint density at radius 1 is 0.933 bits per heavy atom. The Morgan fingerprint density at radius 3 is 1.93 bits per heavy atom. The van der Waals surface area contributed by atoms with E-state index in [1.165, 1.54) is 24.0 Å². The molecular formula is C14H23N. The lowest BCUT2D eigenvalue weighted by molar-refractivity contribution is 0.357. The average molecular weight is 205 g/mol.